The number of Topliss-reactive ketones (excluding diaryl/α,β-unsaturated/α-hetero) is 1. The van der Waals surface area contributed by atoms with Crippen molar-refractivity contribution >= 4 is 17.7 Å². The molecule has 4 rings (SSSR count). The number of hydrogen-bond acceptors (Lipinski definition) is 8. The van der Waals surface area contributed by atoms with E-state index in [2.05, 4.69) is 13.8 Å². The molecule has 2 saturated carbocycles. The van der Waals surface area contributed by atoms with Crippen LogP contribution in [0.1, 0.15) is 151 Å². The predicted molar refractivity (Wildman–Crippen MR) is 186 cm³/mol. The molecule has 0 spiro atoms. The van der Waals surface area contributed by atoms with E-state index in [0.29, 0.717) is 24.0 Å². The van der Waals surface area contributed by atoms with Gasteiger partial charge < -0.3 is 24.8 Å². The Balaban J connectivity index is 1.62. The van der Waals surface area contributed by atoms with Gasteiger partial charge in [-0.3, -0.25) is 14.4 Å². The fraction of sp³-hybridized carbons (Fsp3) is 0.825. The number of aliphatic hydroxyl groups is 3. The van der Waals surface area contributed by atoms with Crippen LogP contribution in [0.15, 0.2) is 23.3 Å². The van der Waals surface area contributed by atoms with E-state index in [1.54, 1.807) is 26.0 Å². The molecule has 4 aliphatic carbocycles. The second kappa shape index (κ2) is 15.9. The average Bonchev–Trinajstić information content (AvgIpc) is 3.47. The van der Waals surface area contributed by atoms with Crippen LogP contribution in [0.4, 0.5) is 0 Å². The predicted octanol–water partition coefficient (Wildman–Crippen LogP) is 7.31. The minimum absolute atomic E-state index is 0.104. The highest BCUT2D eigenvalue weighted by molar-refractivity contribution is 6.04. The third-order valence-electron chi connectivity index (χ3n) is 12.5. The van der Waals surface area contributed by atoms with Crippen LogP contribution in [-0.4, -0.2) is 62.6 Å². The summed E-state index contributed by atoms with van der Waals surface area (Å²) in [6.45, 7) is 11.4. The summed E-state index contributed by atoms with van der Waals surface area (Å²) in [5, 5.41) is 35.3. The van der Waals surface area contributed by atoms with Crippen molar-refractivity contribution in [2.24, 2.45) is 29.1 Å². The highest BCUT2D eigenvalue weighted by Crippen LogP contribution is 2.77. The fourth-order valence-corrected chi connectivity index (χ4v) is 9.72. The van der Waals surface area contributed by atoms with Gasteiger partial charge in [-0.2, -0.15) is 0 Å². The van der Waals surface area contributed by atoms with E-state index in [9.17, 15) is 29.7 Å². The van der Waals surface area contributed by atoms with Crippen molar-refractivity contribution in [2.75, 3.05) is 6.61 Å². The second-order valence-corrected chi connectivity index (χ2v) is 16.1. The average molecular weight is 673 g/mol. The van der Waals surface area contributed by atoms with Gasteiger partial charge in [-0.05, 0) is 30.9 Å². The Labute approximate surface area is 289 Å². The summed E-state index contributed by atoms with van der Waals surface area (Å²) >= 11 is 0. The van der Waals surface area contributed by atoms with E-state index in [4.69, 9.17) is 9.47 Å². The van der Waals surface area contributed by atoms with E-state index >= 15 is 0 Å². The lowest BCUT2D eigenvalue weighted by atomic mass is 9.59. The summed E-state index contributed by atoms with van der Waals surface area (Å²) in [4.78, 5) is 40.6. The molecule has 0 saturated heterocycles. The number of hydrogen-bond donors (Lipinski definition) is 3. The number of aliphatic hydroxyl groups excluding tert-OH is 1. The Hall–Kier alpha value is -2.03. The monoisotopic (exact) mass is 672 g/mol. The van der Waals surface area contributed by atoms with Crippen molar-refractivity contribution in [3.63, 3.8) is 0 Å². The van der Waals surface area contributed by atoms with E-state index in [0.717, 1.165) is 38.5 Å². The SMILES string of the molecule is CCCCCCCCCC(=O)OC1C(C)[C@@]2(O)[C@@H](C=C(CO)C[C@@]3(O)C(=O)C(C)=C[C@@H]23)C2C(C)(C)[C@]12OC(=O)CCCCCCCCC. The Morgan fingerprint density at radius 3 is 1.90 bits per heavy atom. The molecule has 0 aromatic carbocycles. The lowest BCUT2D eigenvalue weighted by Crippen LogP contribution is -2.66. The Kier molecular flexibility index (Phi) is 12.8. The van der Waals surface area contributed by atoms with E-state index in [1.165, 1.54) is 38.5 Å². The molecule has 3 unspecified atom stereocenters. The molecule has 4 aliphatic rings. The number of carbonyl (C=O) groups excluding carboxylic acids is 3. The first-order chi connectivity index (χ1) is 22.8. The van der Waals surface area contributed by atoms with Gasteiger partial charge in [-0.25, -0.2) is 0 Å². The first-order valence-electron chi connectivity index (χ1n) is 19.2. The fourth-order valence-electron chi connectivity index (χ4n) is 9.72. The zero-order chi connectivity index (χ0) is 35.3. The first-order valence-corrected chi connectivity index (χ1v) is 19.2. The smallest absolute Gasteiger partial charge is 0.306 e. The standard InChI is InChI=1S/C40H64O8/c1-7-9-11-13-15-17-19-21-32(42)47-36-28(4)39(46)30(24-29(26-41)25-38(45)31(39)23-27(3)35(38)44)34-37(5,6)40(34,36)48-33(43)22-20-18-16-14-12-10-8-2/h23-24,28,30-31,34,36,41,45-46H,7-22,25-26H2,1-6H3/t28?,30-,31+,34?,36?,38-,39+,40+/m0/s1. The van der Waals surface area contributed by atoms with Gasteiger partial charge in [0.05, 0.1) is 12.2 Å². The third-order valence-corrected chi connectivity index (χ3v) is 12.5. The van der Waals surface area contributed by atoms with Crippen LogP contribution in [0.25, 0.3) is 0 Å². The van der Waals surface area contributed by atoms with Gasteiger partial charge in [0.15, 0.2) is 11.4 Å². The summed E-state index contributed by atoms with van der Waals surface area (Å²) < 4.78 is 12.8. The molecule has 0 aliphatic heterocycles. The quantitative estimate of drug-likeness (QED) is 0.0740. The van der Waals surface area contributed by atoms with E-state index < -0.39 is 63.7 Å². The Morgan fingerprint density at radius 1 is 0.833 bits per heavy atom. The largest absolute Gasteiger partial charge is 0.458 e. The summed E-state index contributed by atoms with van der Waals surface area (Å²) in [6, 6.07) is 0. The van der Waals surface area contributed by atoms with Crippen molar-refractivity contribution in [3.05, 3.63) is 23.3 Å². The number of carbonyl (C=O) groups is 3. The minimum Gasteiger partial charge on any atom is -0.458 e. The minimum atomic E-state index is -1.93. The van der Waals surface area contributed by atoms with Crippen LogP contribution in [0, 0.1) is 29.1 Å². The molecule has 48 heavy (non-hydrogen) atoms. The van der Waals surface area contributed by atoms with Crippen LogP contribution in [-0.2, 0) is 23.9 Å². The van der Waals surface area contributed by atoms with Gasteiger partial charge >= 0.3 is 11.9 Å². The summed E-state index contributed by atoms with van der Waals surface area (Å²) in [7, 11) is 0. The highest BCUT2D eigenvalue weighted by Gasteiger charge is 2.87. The van der Waals surface area contributed by atoms with Crippen molar-refractivity contribution in [2.45, 2.75) is 174 Å². The summed E-state index contributed by atoms with van der Waals surface area (Å²) in [5.41, 5.74) is -4.71. The third kappa shape index (κ3) is 7.10. The lowest BCUT2D eigenvalue weighted by molar-refractivity contribution is -0.229. The molecule has 0 bridgehead atoms. The number of ether oxygens (including phenoxy) is 2. The maximum absolute atomic E-state index is 13.6. The molecule has 8 nitrogen and oxygen atoms in total. The van der Waals surface area contributed by atoms with Crippen LogP contribution in [0.3, 0.4) is 0 Å². The molecule has 272 valence electrons. The van der Waals surface area contributed by atoms with Gasteiger partial charge in [0.1, 0.15) is 11.7 Å². The summed E-state index contributed by atoms with van der Waals surface area (Å²) in [6.07, 6.45) is 17.8. The molecule has 8 atom stereocenters. The Bertz CT molecular complexity index is 1220. The molecule has 0 aromatic heterocycles. The highest BCUT2D eigenvalue weighted by atomic mass is 16.6. The molecule has 3 N–H and O–H groups in total. The number of esters is 2. The number of rotatable bonds is 19. The van der Waals surface area contributed by atoms with E-state index in [1.807, 2.05) is 13.8 Å². The van der Waals surface area contributed by atoms with Crippen molar-refractivity contribution in [1.29, 1.82) is 0 Å². The molecular weight excluding hydrogens is 608 g/mol. The topological polar surface area (TPSA) is 130 Å². The molecular formula is C40H64O8. The van der Waals surface area contributed by atoms with Gasteiger partial charge in [0.2, 0.25) is 0 Å². The maximum Gasteiger partial charge on any atom is 0.306 e. The first kappa shape index (κ1) is 38.8. The molecule has 0 radical (unpaired) electrons. The summed E-state index contributed by atoms with van der Waals surface area (Å²) in [5.74, 6) is -4.11. The van der Waals surface area contributed by atoms with Crippen molar-refractivity contribution in [1.82, 2.24) is 0 Å². The van der Waals surface area contributed by atoms with Gasteiger partial charge in [-0.1, -0.05) is 124 Å². The van der Waals surface area contributed by atoms with Crippen LogP contribution < -0.4 is 0 Å². The second-order valence-electron chi connectivity index (χ2n) is 16.1. The zero-order valence-corrected chi connectivity index (χ0v) is 30.7. The van der Waals surface area contributed by atoms with Crippen LogP contribution in [0.5, 0.6) is 0 Å². The number of unbranched alkanes of at least 4 members (excludes halogenated alkanes) is 12. The normalized spacial score (nSPS) is 34.7. The zero-order valence-electron chi connectivity index (χ0n) is 30.7. The molecule has 0 heterocycles. The lowest BCUT2D eigenvalue weighted by Gasteiger charge is -2.53. The van der Waals surface area contributed by atoms with Crippen LogP contribution >= 0.6 is 0 Å². The maximum atomic E-state index is 13.6. The Morgan fingerprint density at radius 2 is 1.35 bits per heavy atom. The van der Waals surface area contributed by atoms with Gasteiger partial charge in [0, 0.05) is 48.3 Å². The van der Waals surface area contributed by atoms with Gasteiger partial charge in [-0.15, -0.1) is 0 Å². The van der Waals surface area contributed by atoms with Crippen molar-refractivity contribution < 1.29 is 39.2 Å². The molecule has 0 aromatic rings. The number of fused-ring (bicyclic) bond motifs is 5. The van der Waals surface area contributed by atoms with Crippen molar-refractivity contribution in [3.8, 4) is 0 Å². The van der Waals surface area contributed by atoms with E-state index in [-0.39, 0.29) is 31.8 Å². The molecule has 0 amide bonds. The molecule has 8 heteroatoms. The number of ketones is 1. The van der Waals surface area contributed by atoms with Crippen LogP contribution in [0.2, 0.25) is 0 Å². The molecule has 2 fully saturated rings. The van der Waals surface area contributed by atoms with Gasteiger partial charge in [0.25, 0.3) is 0 Å².